The summed E-state index contributed by atoms with van der Waals surface area (Å²) in [5, 5.41) is 4.45. The number of para-hydroxylation sites is 1. The van der Waals surface area contributed by atoms with Crippen molar-refractivity contribution in [3.63, 3.8) is 0 Å². The van der Waals surface area contributed by atoms with Crippen LogP contribution < -0.4 is 5.32 Å². The van der Waals surface area contributed by atoms with Gasteiger partial charge >= 0.3 is 0 Å². The van der Waals surface area contributed by atoms with Gasteiger partial charge in [-0.05, 0) is 39.3 Å². The number of aliphatic imine (C=N–C) groups is 1. The number of nitrogens with zero attached hydrogens (tertiary/aromatic N) is 3. The summed E-state index contributed by atoms with van der Waals surface area (Å²) in [5.41, 5.74) is 1.06. The molecule has 0 amide bonds. The van der Waals surface area contributed by atoms with Crippen molar-refractivity contribution in [2.45, 2.75) is 38.4 Å². The molecular weight excluding hydrogens is 507 g/mol. The zero-order valence-corrected chi connectivity index (χ0v) is 20.6. The number of hydrogen-bond acceptors (Lipinski definition) is 5. The fourth-order valence-electron chi connectivity index (χ4n) is 3.19. The van der Waals surface area contributed by atoms with Gasteiger partial charge in [-0.2, -0.15) is 0 Å². The Labute approximate surface area is 188 Å². The minimum atomic E-state index is -3.05. The molecule has 156 valence electrons. The molecule has 0 bridgehead atoms. The Kier molecular flexibility index (Phi) is 8.09. The van der Waals surface area contributed by atoms with E-state index in [1.54, 1.807) is 25.2 Å². The van der Waals surface area contributed by atoms with Crippen LogP contribution in [0.15, 0.2) is 29.3 Å². The highest BCUT2D eigenvalue weighted by atomic mass is 127. The Morgan fingerprint density at radius 2 is 2.11 bits per heavy atom. The average molecular weight is 537 g/mol. The van der Waals surface area contributed by atoms with E-state index in [-0.39, 0.29) is 29.7 Å². The van der Waals surface area contributed by atoms with Crippen LogP contribution in [0.4, 0.5) is 0 Å². The normalized spacial score (nSPS) is 18.7. The van der Waals surface area contributed by atoms with E-state index in [9.17, 15) is 8.42 Å². The van der Waals surface area contributed by atoms with Gasteiger partial charge in [-0.15, -0.1) is 35.3 Å². The lowest BCUT2D eigenvalue weighted by molar-refractivity contribution is 0.353. The maximum absolute atomic E-state index is 12.2. The molecule has 1 N–H and O–H groups in total. The van der Waals surface area contributed by atoms with Crippen LogP contribution >= 0.6 is 35.3 Å². The molecule has 28 heavy (non-hydrogen) atoms. The first-order valence-electron chi connectivity index (χ1n) is 9.42. The van der Waals surface area contributed by atoms with Crippen LogP contribution in [0.25, 0.3) is 10.2 Å². The van der Waals surface area contributed by atoms with Crippen molar-refractivity contribution in [1.82, 2.24) is 15.2 Å². The second kappa shape index (κ2) is 9.71. The first-order chi connectivity index (χ1) is 12.8. The fourth-order valence-corrected chi connectivity index (χ4v) is 5.57. The average Bonchev–Trinajstić information content (AvgIpc) is 3.03. The third kappa shape index (κ3) is 5.35. The molecule has 1 aliphatic rings. The zero-order chi connectivity index (χ0) is 19.5. The predicted octanol–water partition coefficient (Wildman–Crippen LogP) is 3.32. The maximum atomic E-state index is 12.2. The third-order valence-electron chi connectivity index (χ3n) is 4.83. The number of aromatic nitrogens is 1. The molecule has 1 saturated heterocycles. The zero-order valence-electron chi connectivity index (χ0n) is 16.6. The topological polar surface area (TPSA) is 74.7 Å². The first-order valence-corrected chi connectivity index (χ1v) is 11.9. The van der Waals surface area contributed by atoms with Crippen LogP contribution in [0.3, 0.4) is 0 Å². The molecule has 9 heteroatoms. The molecule has 2 aromatic rings. The van der Waals surface area contributed by atoms with Crippen molar-refractivity contribution in [1.29, 1.82) is 0 Å². The van der Waals surface area contributed by atoms with Gasteiger partial charge in [-0.25, -0.2) is 13.4 Å². The summed E-state index contributed by atoms with van der Waals surface area (Å²) < 4.78 is 24.9. The van der Waals surface area contributed by atoms with Crippen molar-refractivity contribution in [2.24, 2.45) is 4.99 Å². The SMILES string of the molecule is CCNC(=NCCCc1nc2ccccc2s1)N1CCS(=O)(=O)C(C)(C)C1.I. The summed E-state index contributed by atoms with van der Waals surface area (Å²) in [6, 6.07) is 8.20. The van der Waals surface area contributed by atoms with E-state index in [0.717, 1.165) is 35.9 Å². The van der Waals surface area contributed by atoms with E-state index in [1.165, 1.54) is 4.70 Å². The molecule has 0 saturated carbocycles. The van der Waals surface area contributed by atoms with Crippen LogP contribution in [0.2, 0.25) is 0 Å². The van der Waals surface area contributed by atoms with E-state index in [1.807, 2.05) is 25.1 Å². The van der Waals surface area contributed by atoms with Crippen molar-refractivity contribution in [3.8, 4) is 0 Å². The molecule has 3 rings (SSSR count). The standard InChI is InChI=1S/C19H28N4O2S2.HI/c1-4-20-18(23-12-13-27(24,25)19(2,3)14-23)21-11-7-10-17-22-15-8-5-6-9-16(15)26-17;/h5-6,8-9H,4,7,10-14H2,1-3H3,(H,20,21);1H. The van der Waals surface area contributed by atoms with Crippen LogP contribution in [0.1, 0.15) is 32.2 Å². The van der Waals surface area contributed by atoms with Crippen LogP contribution in [0.5, 0.6) is 0 Å². The highest BCUT2D eigenvalue weighted by molar-refractivity contribution is 14.0. The summed E-state index contributed by atoms with van der Waals surface area (Å²) in [6.07, 6.45) is 1.83. The number of fused-ring (bicyclic) bond motifs is 1. The Bertz CT molecular complexity index is 892. The molecule has 0 aliphatic carbocycles. The molecule has 0 unspecified atom stereocenters. The number of nitrogens with one attached hydrogen (secondary N) is 1. The van der Waals surface area contributed by atoms with Crippen LogP contribution in [-0.4, -0.2) is 60.9 Å². The van der Waals surface area contributed by atoms with Crippen LogP contribution in [-0.2, 0) is 16.3 Å². The number of benzene rings is 1. The quantitative estimate of drug-likeness (QED) is 0.275. The number of aryl methyl sites for hydroxylation is 1. The maximum Gasteiger partial charge on any atom is 0.193 e. The van der Waals surface area contributed by atoms with Gasteiger partial charge in [0.2, 0.25) is 0 Å². The molecule has 1 fully saturated rings. The highest BCUT2D eigenvalue weighted by Crippen LogP contribution is 2.24. The van der Waals surface area contributed by atoms with Gasteiger partial charge in [0, 0.05) is 32.6 Å². The van der Waals surface area contributed by atoms with Crippen molar-refractivity contribution >= 4 is 61.3 Å². The largest absolute Gasteiger partial charge is 0.357 e. The minimum Gasteiger partial charge on any atom is -0.357 e. The lowest BCUT2D eigenvalue weighted by Crippen LogP contribution is -2.57. The van der Waals surface area contributed by atoms with Gasteiger partial charge in [0.1, 0.15) is 0 Å². The number of sulfone groups is 1. The minimum absolute atomic E-state index is 0. The fraction of sp³-hybridized carbons (Fsp3) is 0.579. The number of hydrogen-bond donors (Lipinski definition) is 1. The molecule has 1 aromatic carbocycles. The predicted molar refractivity (Wildman–Crippen MR) is 129 cm³/mol. The van der Waals surface area contributed by atoms with Crippen molar-refractivity contribution < 1.29 is 8.42 Å². The monoisotopic (exact) mass is 536 g/mol. The molecule has 1 aliphatic heterocycles. The second-order valence-corrected chi connectivity index (χ2v) is 11.3. The Balaban J connectivity index is 0.00000280. The van der Waals surface area contributed by atoms with E-state index in [4.69, 9.17) is 4.99 Å². The van der Waals surface area contributed by atoms with E-state index in [0.29, 0.717) is 19.6 Å². The van der Waals surface area contributed by atoms with Gasteiger partial charge in [0.15, 0.2) is 15.8 Å². The van der Waals surface area contributed by atoms with Crippen molar-refractivity contribution in [3.05, 3.63) is 29.3 Å². The van der Waals surface area contributed by atoms with Crippen LogP contribution in [0, 0.1) is 0 Å². The first kappa shape index (κ1) is 23.3. The number of rotatable bonds is 5. The van der Waals surface area contributed by atoms with Gasteiger partial charge in [0.05, 0.1) is 25.7 Å². The number of thiazole rings is 1. The van der Waals surface area contributed by atoms with Crippen molar-refractivity contribution in [2.75, 3.05) is 31.9 Å². The summed E-state index contributed by atoms with van der Waals surface area (Å²) in [5.74, 6) is 0.987. The summed E-state index contributed by atoms with van der Waals surface area (Å²) in [6.45, 7) is 8.05. The van der Waals surface area contributed by atoms with E-state index in [2.05, 4.69) is 21.3 Å². The number of halogens is 1. The lowest BCUT2D eigenvalue weighted by Gasteiger charge is -2.39. The summed E-state index contributed by atoms with van der Waals surface area (Å²) in [4.78, 5) is 11.5. The van der Waals surface area contributed by atoms with E-state index < -0.39 is 14.6 Å². The highest BCUT2D eigenvalue weighted by Gasteiger charge is 2.40. The molecule has 0 spiro atoms. The molecule has 2 heterocycles. The number of guanidine groups is 1. The van der Waals surface area contributed by atoms with E-state index >= 15 is 0 Å². The Morgan fingerprint density at radius 1 is 1.36 bits per heavy atom. The lowest BCUT2D eigenvalue weighted by atomic mass is 10.2. The summed E-state index contributed by atoms with van der Waals surface area (Å²) in [7, 11) is -3.05. The third-order valence-corrected chi connectivity index (χ3v) is 8.46. The smallest absolute Gasteiger partial charge is 0.193 e. The van der Waals surface area contributed by atoms with Gasteiger partial charge in [-0.3, -0.25) is 4.99 Å². The van der Waals surface area contributed by atoms with Gasteiger partial charge < -0.3 is 10.2 Å². The Hall–Kier alpha value is -0.940. The summed E-state index contributed by atoms with van der Waals surface area (Å²) >= 11 is 1.74. The molecule has 0 radical (unpaired) electrons. The second-order valence-electron chi connectivity index (χ2n) is 7.41. The molecule has 6 nitrogen and oxygen atoms in total. The van der Waals surface area contributed by atoms with Gasteiger partial charge in [0.25, 0.3) is 0 Å². The molecule has 0 atom stereocenters. The Morgan fingerprint density at radius 3 is 2.79 bits per heavy atom. The molecule has 1 aromatic heterocycles. The molecular formula is C19H29IN4O2S2. The van der Waals surface area contributed by atoms with Gasteiger partial charge in [-0.1, -0.05) is 12.1 Å².